The highest BCUT2D eigenvalue weighted by atomic mass is 35.5. The van der Waals surface area contributed by atoms with Gasteiger partial charge in [0.1, 0.15) is 0 Å². The average Bonchev–Trinajstić information content (AvgIpc) is 2.98. The number of nitrogens with one attached hydrogen (secondary N) is 2. The van der Waals surface area contributed by atoms with Crippen LogP contribution in [0.3, 0.4) is 0 Å². The maximum atomic E-state index is 12.0. The molecule has 0 radical (unpaired) electrons. The average molecular weight is 362 g/mol. The Morgan fingerprint density at radius 1 is 1.30 bits per heavy atom. The van der Waals surface area contributed by atoms with Crippen LogP contribution in [0.1, 0.15) is 24.8 Å². The number of nitrogens with zero attached hydrogens (tertiary/aromatic N) is 1. The van der Waals surface area contributed by atoms with E-state index < -0.39 is 10.0 Å². The highest BCUT2D eigenvalue weighted by Crippen LogP contribution is 2.14. The molecule has 1 saturated heterocycles. The molecule has 2 rings (SSSR count). The van der Waals surface area contributed by atoms with Crippen molar-refractivity contribution in [1.29, 1.82) is 0 Å². The van der Waals surface area contributed by atoms with Gasteiger partial charge in [-0.15, -0.1) is 12.4 Å². The highest BCUT2D eigenvalue weighted by molar-refractivity contribution is 7.89. The molecule has 6 nitrogen and oxygen atoms in total. The van der Waals surface area contributed by atoms with Crippen LogP contribution in [0.15, 0.2) is 29.2 Å². The lowest BCUT2D eigenvalue weighted by atomic mass is 10.1. The van der Waals surface area contributed by atoms with Crippen LogP contribution in [0.2, 0.25) is 0 Å². The second-order valence-electron chi connectivity index (χ2n) is 5.71. The van der Waals surface area contributed by atoms with E-state index in [0.29, 0.717) is 13.0 Å². The molecule has 0 aromatic heterocycles. The molecule has 1 amide bonds. The highest BCUT2D eigenvalue weighted by Gasteiger charge is 2.18. The van der Waals surface area contributed by atoms with Gasteiger partial charge in [0.15, 0.2) is 0 Å². The topological polar surface area (TPSA) is 78.5 Å². The monoisotopic (exact) mass is 361 g/mol. The SMILES string of the molecule is CN(C)S(=O)(=O)c1ccc(CNC(=O)CC2CCCN2)cc1.Cl. The van der Waals surface area contributed by atoms with Crippen LogP contribution < -0.4 is 10.6 Å². The first-order valence-corrected chi connectivity index (χ1v) is 8.85. The van der Waals surface area contributed by atoms with E-state index in [1.54, 1.807) is 24.3 Å². The van der Waals surface area contributed by atoms with Gasteiger partial charge in [-0.3, -0.25) is 4.79 Å². The van der Waals surface area contributed by atoms with Crippen LogP contribution in [0.5, 0.6) is 0 Å². The van der Waals surface area contributed by atoms with Gasteiger partial charge < -0.3 is 10.6 Å². The van der Waals surface area contributed by atoms with Crippen molar-refractivity contribution in [2.75, 3.05) is 20.6 Å². The van der Waals surface area contributed by atoms with Gasteiger partial charge in [-0.1, -0.05) is 12.1 Å². The van der Waals surface area contributed by atoms with Gasteiger partial charge in [-0.2, -0.15) is 0 Å². The summed E-state index contributed by atoms with van der Waals surface area (Å²) < 4.78 is 25.1. The number of hydrogen-bond acceptors (Lipinski definition) is 4. The van der Waals surface area contributed by atoms with Gasteiger partial charge in [0.2, 0.25) is 15.9 Å². The molecular weight excluding hydrogens is 338 g/mol. The Morgan fingerprint density at radius 2 is 1.96 bits per heavy atom. The fraction of sp³-hybridized carbons (Fsp3) is 0.533. The van der Waals surface area contributed by atoms with Gasteiger partial charge >= 0.3 is 0 Å². The fourth-order valence-electron chi connectivity index (χ4n) is 2.42. The molecule has 1 aromatic carbocycles. The number of amides is 1. The van der Waals surface area contributed by atoms with Crippen LogP contribution in [0.4, 0.5) is 0 Å². The zero-order chi connectivity index (χ0) is 16.2. The predicted octanol–water partition coefficient (Wildman–Crippen LogP) is 1.12. The molecule has 1 aromatic rings. The van der Waals surface area contributed by atoms with Crippen molar-refractivity contribution < 1.29 is 13.2 Å². The molecule has 1 aliphatic rings. The largest absolute Gasteiger partial charge is 0.352 e. The first kappa shape index (κ1) is 19.9. The zero-order valence-electron chi connectivity index (χ0n) is 13.4. The number of rotatable bonds is 6. The first-order valence-electron chi connectivity index (χ1n) is 7.41. The Labute approximate surface area is 144 Å². The molecule has 0 spiro atoms. The number of carbonyl (C=O) groups excluding carboxylic acids is 1. The molecule has 0 bridgehead atoms. The van der Waals surface area contributed by atoms with E-state index in [1.807, 2.05) is 0 Å². The smallest absolute Gasteiger partial charge is 0.242 e. The molecule has 130 valence electrons. The molecule has 1 heterocycles. The molecule has 23 heavy (non-hydrogen) atoms. The molecule has 1 unspecified atom stereocenters. The summed E-state index contributed by atoms with van der Waals surface area (Å²) in [5.41, 5.74) is 0.880. The molecule has 1 fully saturated rings. The minimum Gasteiger partial charge on any atom is -0.352 e. The molecular formula is C15H24ClN3O3S. The van der Waals surface area contributed by atoms with Crippen molar-refractivity contribution in [2.45, 2.75) is 36.7 Å². The number of carbonyl (C=O) groups is 1. The van der Waals surface area contributed by atoms with Crippen molar-refractivity contribution in [1.82, 2.24) is 14.9 Å². The van der Waals surface area contributed by atoms with Gasteiger partial charge in [0, 0.05) is 33.1 Å². The summed E-state index contributed by atoms with van der Waals surface area (Å²) in [6.45, 7) is 1.40. The predicted molar refractivity (Wildman–Crippen MR) is 92.1 cm³/mol. The third kappa shape index (κ3) is 5.46. The summed E-state index contributed by atoms with van der Waals surface area (Å²) in [4.78, 5) is 12.1. The minimum atomic E-state index is -3.40. The lowest BCUT2D eigenvalue weighted by Crippen LogP contribution is -2.31. The van der Waals surface area contributed by atoms with Crippen LogP contribution in [0.25, 0.3) is 0 Å². The molecule has 1 aliphatic heterocycles. The van der Waals surface area contributed by atoms with Crippen LogP contribution in [-0.4, -0.2) is 45.3 Å². The maximum Gasteiger partial charge on any atom is 0.242 e. The molecule has 0 aliphatic carbocycles. The van der Waals surface area contributed by atoms with Crippen molar-refractivity contribution in [3.63, 3.8) is 0 Å². The standard InChI is InChI=1S/C15H23N3O3S.ClH/c1-18(2)22(20,21)14-7-5-12(6-8-14)11-17-15(19)10-13-4-3-9-16-13;/h5-8,13,16H,3-4,9-11H2,1-2H3,(H,17,19);1H. The Bertz CT molecular complexity index is 611. The number of benzene rings is 1. The van der Waals surface area contributed by atoms with E-state index in [1.165, 1.54) is 18.4 Å². The lowest BCUT2D eigenvalue weighted by Gasteiger charge is -2.12. The van der Waals surface area contributed by atoms with E-state index in [2.05, 4.69) is 10.6 Å². The van der Waals surface area contributed by atoms with Gasteiger partial charge in [0.05, 0.1) is 4.90 Å². The number of sulfonamides is 1. The van der Waals surface area contributed by atoms with Gasteiger partial charge in [-0.05, 0) is 37.1 Å². The van der Waals surface area contributed by atoms with Crippen LogP contribution in [-0.2, 0) is 21.4 Å². The van der Waals surface area contributed by atoms with Crippen molar-refractivity contribution >= 4 is 28.3 Å². The molecule has 2 N–H and O–H groups in total. The molecule has 8 heteroatoms. The number of hydrogen-bond donors (Lipinski definition) is 2. The van der Waals surface area contributed by atoms with E-state index in [-0.39, 0.29) is 29.3 Å². The first-order chi connectivity index (χ1) is 10.4. The molecule has 1 atom stereocenters. The second-order valence-corrected chi connectivity index (χ2v) is 7.86. The Hall–Kier alpha value is -1.15. The van der Waals surface area contributed by atoms with Crippen molar-refractivity contribution in [3.05, 3.63) is 29.8 Å². The van der Waals surface area contributed by atoms with Crippen molar-refractivity contribution in [3.8, 4) is 0 Å². The Balaban J connectivity index is 0.00000264. The van der Waals surface area contributed by atoms with Crippen molar-refractivity contribution in [2.24, 2.45) is 0 Å². The van der Waals surface area contributed by atoms with E-state index in [0.717, 1.165) is 24.9 Å². The minimum absolute atomic E-state index is 0. The molecule has 0 saturated carbocycles. The van der Waals surface area contributed by atoms with Gasteiger partial charge in [-0.25, -0.2) is 12.7 Å². The second kappa shape index (κ2) is 8.63. The quantitative estimate of drug-likeness (QED) is 0.795. The Morgan fingerprint density at radius 3 is 2.48 bits per heavy atom. The summed E-state index contributed by atoms with van der Waals surface area (Å²) in [6.07, 6.45) is 2.66. The van der Waals surface area contributed by atoms with E-state index in [9.17, 15) is 13.2 Å². The van der Waals surface area contributed by atoms with Crippen LogP contribution in [0, 0.1) is 0 Å². The fourth-order valence-corrected chi connectivity index (χ4v) is 3.32. The zero-order valence-corrected chi connectivity index (χ0v) is 15.0. The summed E-state index contributed by atoms with van der Waals surface area (Å²) >= 11 is 0. The van der Waals surface area contributed by atoms with E-state index in [4.69, 9.17) is 0 Å². The summed E-state index contributed by atoms with van der Waals surface area (Å²) in [5.74, 6) is 0.0180. The number of halogens is 1. The van der Waals surface area contributed by atoms with E-state index >= 15 is 0 Å². The van der Waals surface area contributed by atoms with Crippen LogP contribution >= 0.6 is 12.4 Å². The lowest BCUT2D eigenvalue weighted by molar-refractivity contribution is -0.121. The van der Waals surface area contributed by atoms with Gasteiger partial charge in [0.25, 0.3) is 0 Å². The maximum absolute atomic E-state index is 12.0. The summed E-state index contributed by atoms with van der Waals surface area (Å²) in [5, 5.41) is 6.16. The Kier molecular flexibility index (Phi) is 7.47. The third-order valence-corrected chi connectivity index (χ3v) is 5.62. The third-order valence-electron chi connectivity index (χ3n) is 3.79. The summed E-state index contributed by atoms with van der Waals surface area (Å²) in [7, 11) is -0.402. The normalized spacial score (nSPS) is 17.8. The summed E-state index contributed by atoms with van der Waals surface area (Å²) in [6, 6.07) is 6.87.